The Morgan fingerprint density at radius 2 is 1.92 bits per heavy atom. The van der Waals surface area contributed by atoms with E-state index in [9.17, 15) is 4.79 Å². The summed E-state index contributed by atoms with van der Waals surface area (Å²) in [6, 6.07) is 5.71. The van der Waals surface area contributed by atoms with Crippen molar-refractivity contribution in [1.82, 2.24) is 4.90 Å². The van der Waals surface area contributed by atoms with Crippen molar-refractivity contribution in [2.45, 2.75) is 49.9 Å². The van der Waals surface area contributed by atoms with E-state index >= 15 is 0 Å². The van der Waals surface area contributed by atoms with Crippen molar-refractivity contribution in [3.63, 3.8) is 0 Å². The van der Waals surface area contributed by atoms with Crippen LogP contribution in [0.5, 0.6) is 11.5 Å². The van der Waals surface area contributed by atoms with Gasteiger partial charge in [0.05, 0.1) is 38.4 Å². The molecule has 1 aliphatic carbocycles. The van der Waals surface area contributed by atoms with Gasteiger partial charge in [0.2, 0.25) is 5.91 Å². The molecule has 144 valence electrons. The van der Waals surface area contributed by atoms with Crippen LogP contribution in [-0.2, 0) is 20.7 Å². The number of amides is 1. The summed E-state index contributed by atoms with van der Waals surface area (Å²) in [5.74, 6) is 1.43. The largest absolute Gasteiger partial charge is 0.493 e. The van der Waals surface area contributed by atoms with E-state index in [1.165, 1.54) is 0 Å². The lowest BCUT2D eigenvalue weighted by Gasteiger charge is -2.43. The lowest BCUT2D eigenvalue weighted by atomic mass is 9.79. The van der Waals surface area contributed by atoms with Crippen LogP contribution in [0.2, 0.25) is 0 Å². The van der Waals surface area contributed by atoms with Gasteiger partial charge in [-0.05, 0) is 43.4 Å². The Balaban J connectivity index is 1.75. The number of benzene rings is 1. The molecule has 0 N–H and O–H groups in total. The third kappa shape index (κ3) is 3.40. The number of rotatable bonds is 6. The van der Waals surface area contributed by atoms with Crippen LogP contribution in [0.15, 0.2) is 18.2 Å². The van der Waals surface area contributed by atoms with Crippen LogP contribution >= 0.6 is 0 Å². The average molecular weight is 363 g/mol. The number of carbonyl (C=O) groups is 1. The Labute approximate surface area is 155 Å². The second-order valence-electron chi connectivity index (χ2n) is 7.12. The average Bonchev–Trinajstić information content (AvgIpc) is 3.06. The summed E-state index contributed by atoms with van der Waals surface area (Å²) in [7, 11) is 6.72. The maximum Gasteiger partial charge on any atom is 0.227 e. The van der Waals surface area contributed by atoms with Crippen molar-refractivity contribution in [1.29, 1.82) is 0 Å². The van der Waals surface area contributed by atoms with Crippen molar-refractivity contribution in [3.8, 4) is 11.5 Å². The van der Waals surface area contributed by atoms with Gasteiger partial charge < -0.3 is 23.8 Å². The number of hydrogen-bond acceptors (Lipinski definition) is 5. The highest BCUT2D eigenvalue weighted by atomic mass is 16.5. The summed E-state index contributed by atoms with van der Waals surface area (Å²) < 4.78 is 22.1. The first-order chi connectivity index (χ1) is 12.6. The predicted molar refractivity (Wildman–Crippen MR) is 97.8 cm³/mol. The van der Waals surface area contributed by atoms with Gasteiger partial charge in [0.25, 0.3) is 0 Å². The van der Waals surface area contributed by atoms with E-state index < -0.39 is 0 Å². The number of nitrogens with zero attached hydrogens (tertiary/aromatic N) is 1. The van der Waals surface area contributed by atoms with E-state index in [0.29, 0.717) is 17.9 Å². The number of methoxy groups -OCH3 is 4. The van der Waals surface area contributed by atoms with Crippen molar-refractivity contribution >= 4 is 5.91 Å². The van der Waals surface area contributed by atoms with Crippen LogP contribution in [0, 0.1) is 0 Å². The number of hydrogen-bond donors (Lipinski definition) is 0. The van der Waals surface area contributed by atoms with Gasteiger partial charge >= 0.3 is 0 Å². The molecule has 0 aromatic heterocycles. The normalized spacial score (nSPS) is 27.9. The number of likely N-dealkylation sites (tertiary alicyclic amines) is 1. The molecular weight excluding hydrogens is 334 g/mol. The van der Waals surface area contributed by atoms with E-state index in [1.807, 2.05) is 23.1 Å². The van der Waals surface area contributed by atoms with Crippen LogP contribution in [0.3, 0.4) is 0 Å². The Hall–Kier alpha value is -1.79. The molecule has 1 aromatic rings. The number of ether oxygens (including phenoxy) is 4. The summed E-state index contributed by atoms with van der Waals surface area (Å²) >= 11 is 0. The molecule has 1 heterocycles. The quantitative estimate of drug-likeness (QED) is 0.777. The molecule has 3 atom stereocenters. The molecule has 26 heavy (non-hydrogen) atoms. The third-order valence-electron chi connectivity index (χ3n) is 6.00. The fourth-order valence-corrected chi connectivity index (χ4v) is 4.44. The number of fused-ring (bicyclic) bond motifs is 1. The van der Waals surface area contributed by atoms with Crippen LogP contribution in [0.1, 0.15) is 31.2 Å². The first kappa shape index (κ1) is 19.0. The molecule has 3 rings (SSSR count). The van der Waals surface area contributed by atoms with Crippen molar-refractivity contribution in [2.75, 3.05) is 35.0 Å². The second kappa shape index (κ2) is 7.84. The maximum absolute atomic E-state index is 13.0. The van der Waals surface area contributed by atoms with E-state index in [-0.39, 0.29) is 23.7 Å². The molecule has 2 fully saturated rings. The van der Waals surface area contributed by atoms with Gasteiger partial charge in [-0.1, -0.05) is 6.07 Å². The summed E-state index contributed by atoms with van der Waals surface area (Å²) in [6.07, 6.45) is 4.18. The fourth-order valence-electron chi connectivity index (χ4n) is 4.44. The highest BCUT2D eigenvalue weighted by molar-refractivity contribution is 5.80. The molecule has 1 aromatic carbocycles. The van der Waals surface area contributed by atoms with Crippen molar-refractivity contribution in [3.05, 3.63) is 23.8 Å². The molecule has 6 nitrogen and oxygen atoms in total. The summed E-state index contributed by atoms with van der Waals surface area (Å²) in [4.78, 5) is 15.0. The highest BCUT2D eigenvalue weighted by Gasteiger charge is 2.52. The van der Waals surface area contributed by atoms with E-state index in [2.05, 4.69) is 0 Å². The molecule has 2 aliphatic rings. The molecule has 0 bridgehead atoms. The summed E-state index contributed by atoms with van der Waals surface area (Å²) in [6.45, 7) is 0.737. The van der Waals surface area contributed by atoms with Crippen molar-refractivity contribution in [2.24, 2.45) is 0 Å². The van der Waals surface area contributed by atoms with Crippen LogP contribution in [-0.4, -0.2) is 63.5 Å². The molecule has 1 saturated heterocycles. The van der Waals surface area contributed by atoms with Gasteiger partial charge in [0.15, 0.2) is 11.5 Å². The van der Waals surface area contributed by atoms with E-state index in [4.69, 9.17) is 18.9 Å². The highest BCUT2D eigenvalue weighted by Crippen LogP contribution is 2.43. The van der Waals surface area contributed by atoms with Crippen LogP contribution < -0.4 is 9.47 Å². The van der Waals surface area contributed by atoms with E-state index in [1.54, 1.807) is 28.4 Å². The minimum Gasteiger partial charge on any atom is -0.493 e. The third-order valence-corrected chi connectivity index (χ3v) is 6.00. The molecule has 0 unspecified atom stereocenters. The molecule has 1 saturated carbocycles. The molecule has 0 radical (unpaired) electrons. The van der Waals surface area contributed by atoms with Crippen LogP contribution in [0.25, 0.3) is 0 Å². The lowest BCUT2D eigenvalue weighted by molar-refractivity contribution is -0.140. The Morgan fingerprint density at radius 3 is 2.58 bits per heavy atom. The van der Waals surface area contributed by atoms with Gasteiger partial charge in [0, 0.05) is 20.8 Å². The first-order valence-corrected chi connectivity index (χ1v) is 9.15. The topological polar surface area (TPSA) is 57.2 Å². The predicted octanol–water partition coefficient (Wildman–Crippen LogP) is 2.43. The zero-order valence-electron chi connectivity index (χ0n) is 16.1. The van der Waals surface area contributed by atoms with E-state index in [0.717, 1.165) is 37.8 Å². The Morgan fingerprint density at radius 1 is 1.15 bits per heavy atom. The lowest BCUT2D eigenvalue weighted by Crippen LogP contribution is -2.53. The smallest absolute Gasteiger partial charge is 0.227 e. The second-order valence-corrected chi connectivity index (χ2v) is 7.12. The SMILES string of the molecule is COc1ccc(CC(=O)N2CC[C@]3(OC)CC[C@@H](OC)C[C@H]23)cc1OC. The van der Waals surface area contributed by atoms with Crippen LogP contribution in [0.4, 0.5) is 0 Å². The van der Waals surface area contributed by atoms with Crippen molar-refractivity contribution < 1.29 is 23.7 Å². The maximum atomic E-state index is 13.0. The number of carbonyl (C=O) groups excluding carboxylic acids is 1. The minimum absolute atomic E-state index is 0.0823. The minimum atomic E-state index is -0.220. The fraction of sp³-hybridized carbons (Fsp3) is 0.650. The van der Waals surface area contributed by atoms with Gasteiger partial charge in [-0.25, -0.2) is 0 Å². The standard InChI is InChI=1S/C20H29NO5/c1-23-15-7-8-20(26-4)9-10-21(18(20)13-15)19(22)12-14-5-6-16(24-2)17(11-14)25-3/h5-6,11,15,18H,7-10,12-13H2,1-4H3/t15-,18+,20-/m1/s1. The summed E-state index contributed by atoms with van der Waals surface area (Å²) in [5.41, 5.74) is 0.698. The summed E-state index contributed by atoms with van der Waals surface area (Å²) in [5, 5.41) is 0. The Kier molecular flexibility index (Phi) is 5.73. The first-order valence-electron chi connectivity index (χ1n) is 9.15. The van der Waals surface area contributed by atoms with Gasteiger partial charge in [-0.3, -0.25) is 4.79 Å². The van der Waals surface area contributed by atoms with Gasteiger partial charge in [0.1, 0.15) is 0 Å². The monoisotopic (exact) mass is 363 g/mol. The molecule has 6 heteroatoms. The molecule has 0 spiro atoms. The Bertz CT molecular complexity index is 649. The van der Waals surface area contributed by atoms with Gasteiger partial charge in [-0.2, -0.15) is 0 Å². The molecule has 1 aliphatic heterocycles. The molecule has 1 amide bonds. The van der Waals surface area contributed by atoms with Gasteiger partial charge in [-0.15, -0.1) is 0 Å². The zero-order chi connectivity index (χ0) is 18.7. The molecular formula is C20H29NO5. The zero-order valence-corrected chi connectivity index (χ0v) is 16.1.